The third-order valence-corrected chi connectivity index (χ3v) is 14.4. The Hall–Kier alpha value is -2.54. The standard InChI is InChI=1S/C60H96O/c1-7-13-19-25-31-39-48-47-56-51-42-37-38-45-54(51)59-58(57(56)52(43-34-28-22-16-10-4)49(48)40-32-26-20-14-8-2)53(44-35-29-23-17-11-5)50(41-33-27-21-15-9-3)55(60(59)61)46-36-30-24-18-12-6/h37-38,42,45,47,61H,7-36,39-41,43-44,46H2,1-6H3. The zero-order chi connectivity index (χ0) is 43.5. The lowest BCUT2D eigenvalue weighted by molar-refractivity contribution is 0.470. The molecular formula is C60H96O. The van der Waals surface area contributed by atoms with Crippen LogP contribution in [-0.4, -0.2) is 5.11 Å². The Balaban J connectivity index is 2.12. The number of phenolic OH excluding ortho intramolecular Hbond substituents is 1. The molecule has 61 heavy (non-hydrogen) atoms. The highest BCUT2D eigenvalue weighted by Crippen LogP contribution is 2.48. The maximum absolute atomic E-state index is 13.1. The molecule has 0 aromatic heterocycles. The predicted molar refractivity (Wildman–Crippen MR) is 275 cm³/mol. The second-order valence-electron chi connectivity index (χ2n) is 19.5. The lowest BCUT2D eigenvalue weighted by atomic mass is 9.78. The highest BCUT2D eigenvalue weighted by atomic mass is 16.3. The summed E-state index contributed by atoms with van der Waals surface area (Å²) in [5.41, 5.74) is 9.54. The summed E-state index contributed by atoms with van der Waals surface area (Å²) in [5.74, 6) is 0.636. The third kappa shape index (κ3) is 15.6. The maximum atomic E-state index is 13.1. The molecule has 4 rings (SSSR count). The second kappa shape index (κ2) is 30.5. The van der Waals surface area contributed by atoms with Gasteiger partial charge < -0.3 is 5.11 Å². The molecular weight excluding hydrogens is 737 g/mol. The Kier molecular flexibility index (Phi) is 25.6. The number of hydrogen-bond donors (Lipinski definition) is 1. The minimum Gasteiger partial charge on any atom is -0.507 e. The minimum absolute atomic E-state index is 0.636. The molecule has 342 valence electrons. The van der Waals surface area contributed by atoms with E-state index in [2.05, 4.69) is 71.9 Å². The molecule has 0 saturated heterocycles. The van der Waals surface area contributed by atoms with Crippen LogP contribution in [0.2, 0.25) is 0 Å². The molecule has 0 radical (unpaired) electrons. The van der Waals surface area contributed by atoms with E-state index in [0.29, 0.717) is 5.75 Å². The van der Waals surface area contributed by atoms with E-state index in [1.807, 2.05) is 0 Å². The Morgan fingerprint density at radius 2 is 0.639 bits per heavy atom. The van der Waals surface area contributed by atoms with Crippen molar-refractivity contribution in [2.24, 2.45) is 0 Å². The van der Waals surface area contributed by atoms with Gasteiger partial charge >= 0.3 is 0 Å². The highest BCUT2D eigenvalue weighted by Gasteiger charge is 2.26. The number of rotatable bonds is 36. The zero-order valence-electron chi connectivity index (χ0n) is 41.3. The van der Waals surface area contributed by atoms with Gasteiger partial charge in [-0.2, -0.15) is 0 Å². The van der Waals surface area contributed by atoms with Crippen LogP contribution in [0.1, 0.15) is 268 Å². The van der Waals surface area contributed by atoms with Gasteiger partial charge in [0, 0.05) is 5.39 Å². The summed E-state index contributed by atoms with van der Waals surface area (Å²) in [7, 11) is 0. The summed E-state index contributed by atoms with van der Waals surface area (Å²) in [4.78, 5) is 0. The smallest absolute Gasteiger partial charge is 0.127 e. The van der Waals surface area contributed by atoms with Crippen LogP contribution in [0, 0.1) is 0 Å². The van der Waals surface area contributed by atoms with E-state index in [1.54, 1.807) is 33.2 Å². The van der Waals surface area contributed by atoms with Crippen LogP contribution < -0.4 is 0 Å². The van der Waals surface area contributed by atoms with E-state index < -0.39 is 0 Å². The molecule has 0 saturated carbocycles. The lowest BCUT2D eigenvalue weighted by Crippen LogP contribution is -2.08. The van der Waals surface area contributed by atoms with Crippen molar-refractivity contribution < 1.29 is 5.11 Å². The first-order chi connectivity index (χ1) is 30.1. The van der Waals surface area contributed by atoms with Crippen LogP contribution in [0.3, 0.4) is 0 Å². The van der Waals surface area contributed by atoms with Crippen LogP contribution in [0.25, 0.3) is 32.3 Å². The zero-order valence-corrected chi connectivity index (χ0v) is 41.3. The molecule has 0 spiro atoms. The van der Waals surface area contributed by atoms with Crippen LogP contribution in [0.5, 0.6) is 5.75 Å². The van der Waals surface area contributed by atoms with Crippen molar-refractivity contribution >= 4 is 32.3 Å². The van der Waals surface area contributed by atoms with Crippen LogP contribution in [0.4, 0.5) is 0 Å². The van der Waals surface area contributed by atoms with Crippen molar-refractivity contribution in [3.05, 3.63) is 63.7 Å². The van der Waals surface area contributed by atoms with Crippen molar-refractivity contribution in [3.63, 3.8) is 0 Å². The summed E-state index contributed by atoms with van der Waals surface area (Å²) >= 11 is 0. The molecule has 1 heteroatoms. The first-order valence-electron chi connectivity index (χ1n) is 27.2. The Bertz CT molecular complexity index is 1790. The van der Waals surface area contributed by atoms with Gasteiger partial charge in [0.1, 0.15) is 5.75 Å². The van der Waals surface area contributed by atoms with E-state index in [9.17, 15) is 5.11 Å². The van der Waals surface area contributed by atoms with Gasteiger partial charge in [-0.05, 0) is 137 Å². The Morgan fingerprint density at radius 3 is 1.08 bits per heavy atom. The number of phenols is 1. The first-order valence-corrected chi connectivity index (χ1v) is 27.2. The van der Waals surface area contributed by atoms with Gasteiger partial charge in [0.15, 0.2) is 0 Å². The average molecular weight is 833 g/mol. The molecule has 4 aromatic rings. The fraction of sp³-hybridized carbons (Fsp3) is 0.700. The summed E-state index contributed by atoms with van der Waals surface area (Å²) in [6, 6.07) is 12.0. The summed E-state index contributed by atoms with van der Waals surface area (Å²) in [5, 5.41) is 21.4. The van der Waals surface area contributed by atoms with E-state index in [4.69, 9.17) is 0 Å². The van der Waals surface area contributed by atoms with E-state index >= 15 is 0 Å². The van der Waals surface area contributed by atoms with Gasteiger partial charge in [0.25, 0.3) is 0 Å². The minimum atomic E-state index is 0.636. The van der Waals surface area contributed by atoms with Crippen molar-refractivity contribution in [2.45, 2.75) is 273 Å². The Labute approximate surface area is 378 Å². The summed E-state index contributed by atoms with van der Waals surface area (Å²) < 4.78 is 0. The lowest BCUT2D eigenvalue weighted by Gasteiger charge is -2.26. The van der Waals surface area contributed by atoms with Gasteiger partial charge in [-0.3, -0.25) is 0 Å². The molecule has 0 unspecified atom stereocenters. The van der Waals surface area contributed by atoms with E-state index in [0.717, 1.165) is 19.3 Å². The topological polar surface area (TPSA) is 20.2 Å². The van der Waals surface area contributed by atoms with Crippen LogP contribution in [0.15, 0.2) is 30.3 Å². The van der Waals surface area contributed by atoms with Crippen LogP contribution in [-0.2, 0) is 38.5 Å². The predicted octanol–water partition coefficient (Wildman–Crippen LogP) is 19.9. The van der Waals surface area contributed by atoms with Crippen molar-refractivity contribution in [1.29, 1.82) is 0 Å². The molecule has 0 bridgehead atoms. The van der Waals surface area contributed by atoms with Gasteiger partial charge in [0.2, 0.25) is 0 Å². The van der Waals surface area contributed by atoms with Gasteiger partial charge in [0.05, 0.1) is 0 Å². The van der Waals surface area contributed by atoms with Crippen molar-refractivity contribution in [3.8, 4) is 5.75 Å². The molecule has 0 atom stereocenters. The number of aromatic hydroxyl groups is 1. The normalized spacial score (nSPS) is 11.9. The van der Waals surface area contributed by atoms with E-state index in [1.165, 1.54) is 244 Å². The van der Waals surface area contributed by atoms with Crippen LogP contribution >= 0.6 is 0 Å². The quantitative estimate of drug-likeness (QED) is 0.0358. The SMILES string of the molecule is CCCCCCCc1cc2c3ccccc3c3c(O)c(CCCCCCC)c(CCCCCCC)c(CCCCCCC)c3c2c(CCCCCCC)c1CCCCCCC. The maximum Gasteiger partial charge on any atom is 0.127 e. The fourth-order valence-corrected chi connectivity index (χ4v) is 10.8. The number of fused-ring (bicyclic) bond motifs is 6. The molecule has 0 fully saturated rings. The highest BCUT2D eigenvalue weighted by molar-refractivity contribution is 6.29. The molecule has 0 amide bonds. The largest absolute Gasteiger partial charge is 0.507 e. The molecule has 0 aliphatic rings. The van der Waals surface area contributed by atoms with Gasteiger partial charge in [-0.25, -0.2) is 0 Å². The Morgan fingerprint density at radius 1 is 0.295 bits per heavy atom. The molecule has 0 aliphatic carbocycles. The first kappa shape index (κ1) is 51.1. The number of unbranched alkanes of at least 4 members (excludes halogenated alkanes) is 24. The molecule has 0 aliphatic heterocycles. The third-order valence-electron chi connectivity index (χ3n) is 14.4. The van der Waals surface area contributed by atoms with Gasteiger partial charge in [-0.15, -0.1) is 0 Å². The molecule has 0 heterocycles. The van der Waals surface area contributed by atoms with Gasteiger partial charge in [-0.1, -0.05) is 226 Å². The molecule has 1 nitrogen and oxygen atoms in total. The van der Waals surface area contributed by atoms with E-state index in [-0.39, 0.29) is 0 Å². The molecule has 1 N–H and O–H groups in total. The fourth-order valence-electron chi connectivity index (χ4n) is 10.8. The van der Waals surface area contributed by atoms with Crippen molar-refractivity contribution in [2.75, 3.05) is 0 Å². The second-order valence-corrected chi connectivity index (χ2v) is 19.5. The molecule has 4 aromatic carbocycles. The summed E-state index contributed by atoms with van der Waals surface area (Å²) in [6.45, 7) is 14.0. The number of hydrogen-bond acceptors (Lipinski definition) is 1. The number of benzene rings is 4. The van der Waals surface area contributed by atoms with Crippen molar-refractivity contribution in [1.82, 2.24) is 0 Å². The number of aryl methyl sites for hydroxylation is 3. The monoisotopic (exact) mass is 833 g/mol. The average Bonchev–Trinajstić information content (AvgIpc) is 3.27. The summed E-state index contributed by atoms with van der Waals surface area (Å²) in [6.07, 6.45) is 46.0.